The molecule has 3 nitrogen and oxygen atoms in total. The monoisotopic (exact) mass is 124 g/mol. The number of hydrogen-bond acceptors (Lipinski definition) is 1. The zero-order chi connectivity index (χ0) is 6.78. The molecule has 1 N–H and O–H groups in total. The van der Waals surface area contributed by atoms with E-state index in [1.807, 2.05) is 21.1 Å². The van der Waals surface area contributed by atoms with Gasteiger partial charge in [-0.15, -0.1) is 0 Å². The smallest absolute Gasteiger partial charge is 0.359 e. The number of quaternary nitrogens is 1. The van der Waals surface area contributed by atoms with Crippen molar-refractivity contribution < 1.29 is 14.4 Å². The summed E-state index contributed by atoms with van der Waals surface area (Å²) in [5, 5.41) is 8.23. The van der Waals surface area contributed by atoms with Crippen molar-refractivity contribution in [1.82, 2.24) is 0 Å². The van der Waals surface area contributed by atoms with Gasteiger partial charge in [-0.25, -0.2) is 4.79 Å². The first-order chi connectivity index (χ1) is 3.42. The van der Waals surface area contributed by atoms with Crippen molar-refractivity contribution >= 4 is 5.97 Å². The van der Waals surface area contributed by atoms with E-state index in [9.17, 15) is 4.79 Å². The molecule has 0 heterocycles. The lowest BCUT2D eigenvalue weighted by Crippen LogP contribution is -2.39. The summed E-state index contributed by atoms with van der Waals surface area (Å²) in [5.74, 6) is -0.752. The van der Waals surface area contributed by atoms with Gasteiger partial charge in [-0.3, -0.25) is 0 Å². The molecule has 0 spiro atoms. The minimum atomic E-state index is -0.752. The van der Waals surface area contributed by atoms with Crippen LogP contribution in [0.15, 0.2) is 0 Å². The third-order valence-corrected chi connectivity index (χ3v) is 0.610. The van der Waals surface area contributed by atoms with Gasteiger partial charge >= 0.3 is 5.97 Å². The molecule has 0 aromatic heterocycles. The minimum absolute atomic E-state index is 0.181. The molecule has 0 fully saturated rings. The molecule has 0 aliphatic carbocycles. The SMILES string of the molecule is [14CH3][N+]([14CH3])([14CH3])CC(=O)O. The molecule has 0 bridgehead atoms. The molecule has 48 valence electrons. The highest BCUT2D eigenvalue weighted by Crippen LogP contribution is 1.86. The Balaban J connectivity index is 3.55. The van der Waals surface area contributed by atoms with Crippen molar-refractivity contribution in [1.29, 1.82) is 0 Å². The van der Waals surface area contributed by atoms with Crippen molar-refractivity contribution in [3.05, 3.63) is 0 Å². The van der Waals surface area contributed by atoms with Crippen molar-refractivity contribution in [2.24, 2.45) is 0 Å². The van der Waals surface area contributed by atoms with E-state index in [-0.39, 0.29) is 6.54 Å². The zero-order valence-electron chi connectivity index (χ0n) is 5.51. The van der Waals surface area contributed by atoms with Crippen LogP contribution in [0.25, 0.3) is 0 Å². The third-order valence-electron chi connectivity index (χ3n) is 0.610. The van der Waals surface area contributed by atoms with Crippen molar-refractivity contribution in [3.63, 3.8) is 0 Å². The molecule has 0 aliphatic heterocycles. The summed E-state index contributed by atoms with van der Waals surface area (Å²) in [4.78, 5) is 10.00. The molecular weight excluding hydrogens is 112 g/mol. The van der Waals surface area contributed by atoms with E-state index in [2.05, 4.69) is 0 Å². The Labute approximate surface area is 49.1 Å². The fourth-order valence-electron chi connectivity index (χ4n) is 0.406. The van der Waals surface area contributed by atoms with Gasteiger partial charge in [0.1, 0.15) is 0 Å². The van der Waals surface area contributed by atoms with Crippen LogP contribution in [-0.2, 0) is 4.79 Å². The highest BCUT2D eigenvalue weighted by atomic mass is 16.4. The number of hydrogen-bond donors (Lipinski definition) is 1. The minimum Gasteiger partial charge on any atom is -0.477 e. The Kier molecular flexibility index (Phi) is 1.98. The Morgan fingerprint density at radius 1 is 1.50 bits per heavy atom. The van der Waals surface area contributed by atoms with Crippen LogP contribution in [0.5, 0.6) is 0 Å². The predicted molar refractivity (Wildman–Crippen MR) is 30.5 cm³/mol. The molecule has 0 amide bonds. The number of carboxylic acid groups (broad SMARTS) is 1. The second-order valence-corrected chi connectivity index (χ2v) is 2.84. The van der Waals surface area contributed by atoms with Crippen LogP contribution in [0.2, 0.25) is 0 Å². The maximum absolute atomic E-state index is 10.00. The molecular formula is C5H12NO2+. The van der Waals surface area contributed by atoms with E-state index in [4.69, 9.17) is 5.11 Å². The van der Waals surface area contributed by atoms with Gasteiger partial charge in [-0.2, -0.15) is 0 Å². The molecule has 3 heteroatoms. The number of nitrogens with zero attached hydrogens (tertiary/aromatic N) is 1. The maximum Gasteiger partial charge on any atom is 0.359 e. The van der Waals surface area contributed by atoms with E-state index < -0.39 is 5.97 Å². The predicted octanol–water partition coefficient (Wildman–Crippen LogP) is -0.223. The third kappa shape index (κ3) is 5.43. The molecule has 8 heavy (non-hydrogen) atoms. The van der Waals surface area contributed by atoms with Crippen molar-refractivity contribution in [2.45, 2.75) is 0 Å². The van der Waals surface area contributed by atoms with Gasteiger partial charge < -0.3 is 9.59 Å². The lowest BCUT2D eigenvalue weighted by molar-refractivity contribution is -0.862. The first-order valence-electron chi connectivity index (χ1n) is 2.44. The van der Waals surface area contributed by atoms with Gasteiger partial charge in [0.05, 0.1) is 21.1 Å². The highest BCUT2D eigenvalue weighted by Gasteiger charge is 2.11. The van der Waals surface area contributed by atoms with Crippen LogP contribution >= 0.6 is 0 Å². The Morgan fingerprint density at radius 2 is 1.88 bits per heavy atom. The molecule has 0 aromatic carbocycles. The average Bonchev–Trinajstić information content (AvgIpc) is 1.21. The summed E-state index contributed by atoms with van der Waals surface area (Å²) in [6, 6.07) is 0. The van der Waals surface area contributed by atoms with Crippen LogP contribution < -0.4 is 0 Å². The quantitative estimate of drug-likeness (QED) is 0.516. The van der Waals surface area contributed by atoms with Crippen LogP contribution in [0, 0.1) is 0 Å². The number of aliphatic carboxylic acids is 1. The van der Waals surface area contributed by atoms with E-state index in [1.165, 1.54) is 0 Å². The Morgan fingerprint density at radius 3 is 1.88 bits per heavy atom. The Bertz CT molecular complexity index is 93.1. The number of carboxylic acids is 1. The molecule has 0 saturated carbocycles. The van der Waals surface area contributed by atoms with Crippen LogP contribution in [-0.4, -0.2) is 43.2 Å². The molecule has 0 saturated heterocycles. The Hall–Kier alpha value is -0.570. The van der Waals surface area contributed by atoms with Gasteiger partial charge in [0.15, 0.2) is 6.54 Å². The molecule has 0 atom stereocenters. The van der Waals surface area contributed by atoms with Crippen molar-refractivity contribution in [2.75, 3.05) is 27.7 Å². The van der Waals surface area contributed by atoms with Crippen LogP contribution in [0.3, 0.4) is 0 Å². The fourth-order valence-corrected chi connectivity index (χ4v) is 0.406. The van der Waals surface area contributed by atoms with Gasteiger partial charge in [0.25, 0.3) is 0 Å². The molecule has 0 radical (unpaired) electrons. The van der Waals surface area contributed by atoms with Crippen molar-refractivity contribution in [3.8, 4) is 0 Å². The molecule has 0 rings (SSSR count). The summed E-state index contributed by atoms with van der Waals surface area (Å²) >= 11 is 0. The summed E-state index contributed by atoms with van der Waals surface area (Å²) in [7, 11) is 5.52. The van der Waals surface area contributed by atoms with Gasteiger partial charge in [0, 0.05) is 0 Å². The lowest BCUT2D eigenvalue weighted by atomic mass is 10.7. The average molecular weight is 124 g/mol. The lowest BCUT2D eigenvalue weighted by Gasteiger charge is -2.20. The van der Waals surface area contributed by atoms with E-state index in [1.54, 1.807) is 0 Å². The largest absolute Gasteiger partial charge is 0.477 e. The van der Waals surface area contributed by atoms with E-state index >= 15 is 0 Å². The maximum atomic E-state index is 10.00. The standard InChI is InChI=1S/C5H11NO2/c1-6(2,3)4-5(7)8/h4H2,1-3H3/p+1/i1+2,2+2,3+2. The highest BCUT2D eigenvalue weighted by molar-refractivity contribution is 5.67. The first-order valence-corrected chi connectivity index (χ1v) is 2.44. The summed E-state index contributed by atoms with van der Waals surface area (Å²) in [6.07, 6.45) is 0. The van der Waals surface area contributed by atoms with Crippen LogP contribution in [0.1, 0.15) is 0 Å². The molecule has 0 aliphatic rings. The molecule has 0 unspecified atom stereocenters. The summed E-state index contributed by atoms with van der Waals surface area (Å²) < 4.78 is 0.481. The second kappa shape index (κ2) is 2.13. The van der Waals surface area contributed by atoms with E-state index in [0.29, 0.717) is 4.48 Å². The van der Waals surface area contributed by atoms with Crippen LogP contribution in [0.4, 0.5) is 0 Å². The van der Waals surface area contributed by atoms with Gasteiger partial charge in [-0.05, 0) is 0 Å². The van der Waals surface area contributed by atoms with Gasteiger partial charge in [-0.1, -0.05) is 0 Å². The number of rotatable bonds is 2. The normalized spacial score (nSPS) is 11.4. The van der Waals surface area contributed by atoms with E-state index in [0.717, 1.165) is 0 Å². The second-order valence-electron chi connectivity index (χ2n) is 2.84. The topological polar surface area (TPSA) is 37.3 Å². The summed E-state index contributed by atoms with van der Waals surface area (Å²) in [5.41, 5.74) is 0. The number of likely N-dealkylation sites (N-methyl/N-ethyl adjacent to an activating group) is 1. The first kappa shape index (κ1) is 7.43. The number of carbonyl (C=O) groups is 1. The molecule has 0 aromatic rings. The van der Waals surface area contributed by atoms with Gasteiger partial charge in [0.2, 0.25) is 0 Å². The summed E-state index contributed by atoms with van der Waals surface area (Å²) in [6.45, 7) is 0.181. The fraction of sp³-hybridized carbons (Fsp3) is 0.800. The zero-order valence-corrected chi connectivity index (χ0v) is 5.51.